The first-order chi connectivity index (χ1) is 8.21. The van der Waals surface area contributed by atoms with Gasteiger partial charge in [-0.1, -0.05) is 13.8 Å². The number of hydrogen-bond donors (Lipinski definition) is 1. The van der Waals surface area contributed by atoms with Crippen LogP contribution in [0, 0.1) is 6.92 Å². The lowest BCUT2D eigenvalue weighted by atomic mass is 10.3. The normalized spacial score (nSPS) is 13.2. The number of hydrogen-bond acceptors (Lipinski definition) is 4. The Morgan fingerprint density at radius 2 is 2.06 bits per heavy atom. The van der Waals surface area contributed by atoms with Crippen molar-refractivity contribution in [3.05, 3.63) is 23.7 Å². The second-order valence-corrected chi connectivity index (χ2v) is 5.38. The molecule has 0 saturated carbocycles. The van der Waals surface area contributed by atoms with Gasteiger partial charge in [0, 0.05) is 18.8 Å². The molecule has 0 aliphatic rings. The molecule has 3 nitrogen and oxygen atoms in total. The van der Waals surface area contributed by atoms with Crippen LogP contribution in [0.2, 0.25) is 0 Å². The fourth-order valence-electron chi connectivity index (χ4n) is 1.76. The van der Waals surface area contributed by atoms with Gasteiger partial charge in [0.1, 0.15) is 11.5 Å². The first kappa shape index (κ1) is 14.6. The van der Waals surface area contributed by atoms with Crippen LogP contribution in [-0.2, 0) is 0 Å². The topological polar surface area (TPSA) is 42.4 Å². The fourth-order valence-corrected chi connectivity index (χ4v) is 2.83. The molecule has 0 aliphatic carbocycles. The van der Waals surface area contributed by atoms with Crippen molar-refractivity contribution in [3.8, 4) is 0 Å². The van der Waals surface area contributed by atoms with Crippen molar-refractivity contribution in [3.63, 3.8) is 0 Å². The van der Waals surface area contributed by atoms with E-state index in [1.165, 1.54) is 0 Å². The Morgan fingerprint density at radius 3 is 2.53 bits per heavy atom. The maximum Gasteiger partial charge on any atom is 0.118 e. The predicted molar refractivity (Wildman–Crippen MR) is 75.5 cm³/mol. The second kappa shape index (κ2) is 7.80. The summed E-state index contributed by atoms with van der Waals surface area (Å²) in [7, 11) is 0. The zero-order valence-electron chi connectivity index (χ0n) is 11.1. The molecule has 17 heavy (non-hydrogen) atoms. The highest BCUT2D eigenvalue weighted by Gasteiger charge is 2.14. The van der Waals surface area contributed by atoms with Crippen molar-refractivity contribution in [2.75, 3.05) is 31.9 Å². The summed E-state index contributed by atoms with van der Waals surface area (Å²) in [6.45, 7) is 10.4. The van der Waals surface area contributed by atoms with Gasteiger partial charge in [-0.05, 0) is 32.1 Å². The predicted octanol–water partition coefficient (Wildman–Crippen LogP) is 2.66. The smallest absolute Gasteiger partial charge is 0.118 e. The minimum Gasteiger partial charge on any atom is -0.465 e. The molecule has 0 saturated heterocycles. The molecule has 1 aromatic heterocycles. The van der Waals surface area contributed by atoms with E-state index in [-0.39, 0.29) is 0 Å². The standard InChI is InChI=1S/C13H24N2OS/c1-4-15(5-2)8-9-17-13(10-14)12-7-6-11(3)16-12/h6-7,13H,4-5,8-10,14H2,1-3H3. The van der Waals surface area contributed by atoms with E-state index in [0.717, 1.165) is 36.9 Å². The Morgan fingerprint density at radius 1 is 1.35 bits per heavy atom. The highest BCUT2D eigenvalue weighted by Crippen LogP contribution is 2.28. The van der Waals surface area contributed by atoms with Crippen molar-refractivity contribution in [1.29, 1.82) is 0 Å². The minimum absolute atomic E-state index is 0.291. The highest BCUT2D eigenvalue weighted by molar-refractivity contribution is 7.99. The van der Waals surface area contributed by atoms with Crippen LogP contribution in [0.3, 0.4) is 0 Å². The first-order valence-corrected chi connectivity index (χ1v) is 7.36. The van der Waals surface area contributed by atoms with Gasteiger partial charge in [0.15, 0.2) is 0 Å². The van der Waals surface area contributed by atoms with Gasteiger partial charge in [0.25, 0.3) is 0 Å². The van der Waals surface area contributed by atoms with Gasteiger partial charge in [0.2, 0.25) is 0 Å². The molecule has 0 bridgehead atoms. The lowest BCUT2D eigenvalue weighted by molar-refractivity contribution is 0.323. The molecule has 1 heterocycles. The summed E-state index contributed by atoms with van der Waals surface area (Å²) in [6.07, 6.45) is 0. The SMILES string of the molecule is CCN(CC)CCSC(CN)c1ccc(C)o1. The lowest BCUT2D eigenvalue weighted by Crippen LogP contribution is -2.25. The van der Waals surface area contributed by atoms with Crippen molar-refractivity contribution >= 4 is 11.8 Å². The van der Waals surface area contributed by atoms with E-state index >= 15 is 0 Å². The number of aryl methyl sites for hydroxylation is 1. The molecule has 0 radical (unpaired) electrons. The summed E-state index contributed by atoms with van der Waals surface area (Å²) in [6, 6.07) is 4.04. The summed E-state index contributed by atoms with van der Waals surface area (Å²) in [5, 5.41) is 0.291. The average molecular weight is 256 g/mol. The van der Waals surface area contributed by atoms with Crippen LogP contribution in [0.4, 0.5) is 0 Å². The lowest BCUT2D eigenvalue weighted by Gasteiger charge is -2.19. The van der Waals surface area contributed by atoms with Gasteiger partial charge in [-0.3, -0.25) is 0 Å². The van der Waals surface area contributed by atoms with Crippen LogP contribution in [-0.4, -0.2) is 36.8 Å². The zero-order chi connectivity index (χ0) is 12.7. The van der Waals surface area contributed by atoms with E-state index in [0.29, 0.717) is 11.8 Å². The molecule has 0 amide bonds. The summed E-state index contributed by atoms with van der Waals surface area (Å²) in [5.74, 6) is 3.07. The Hall–Kier alpha value is -0.450. The van der Waals surface area contributed by atoms with Crippen molar-refractivity contribution in [1.82, 2.24) is 4.90 Å². The van der Waals surface area contributed by atoms with Crippen molar-refractivity contribution in [2.45, 2.75) is 26.0 Å². The summed E-state index contributed by atoms with van der Waals surface area (Å²) >= 11 is 1.89. The fraction of sp³-hybridized carbons (Fsp3) is 0.692. The van der Waals surface area contributed by atoms with Gasteiger partial charge in [0.05, 0.1) is 5.25 Å². The number of rotatable bonds is 8. The monoisotopic (exact) mass is 256 g/mol. The van der Waals surface area contributed by atoms with E-state index in [9.17, 15) is 0 Å². The van der Waals surface area contributed by atoms with E-state index in [1.807, 2.05) is 30.8 Å². The van der Waals surface area contributed by atoms with E-state index in [1.54, 1.807) is 0 Å². The molecule has 0 fully saturated rings. The third-order valence-corrected chi connectivity index (χ3v) is 4.16. The maximum atomic E-state index is 5.80. The van der Waals surface area contributed by atoms with E-state index < -0.39 is 0 Å². The third-order valence-electron chi connectivity index (χ3n) is 2.91. The summed E-state index contributed by atoms with van der Waals surface area (Å²) < 4.78 is 5.63. The van der Waals surface area contributed by atoms with Gasteiger partial charge in [-0.2, -0.15) is 0 Å². The quantitative estimate of drug-likeness (QED) is 0.776. The minimum atomic E-state index is 0.291. The zero-order valence-corrected chi connectivity index (χ0v) is 11.9. The molecule has 0 aromatic carbocycles. The molecule has 1 unspecified atom stereocenters. The molecule has 4 heteroatoms. The Bertz CT molecular complexity index is 310. The summed E-state index contributed by atoms with van der Waals surface area (Å²) in [4.78, 5) is 2.42. The number of furan rings is 1. The number of thioether (sulfide) groups is 1. The van der Waals surface area contributed by atoms with Crippen LogP contribution in [0.25, 0.3) is 0 Å². The summed E-state index contributed by atoms with van der Waals surface area (Å²) in [5.41, 5.74) is 5.80. The molecular formula is C13H24N2OS. The second-order valence-electron chi connectivity index (χ2n) is 4.07. The van der Waals surface area contributed by atoms with E-state index in [2.05, 4.69) is 18.7 Å². The van der Waals surface area contributed by atoms with Crippen LogP contribution in [0.1, 0.15) is 30.6 Å². The van der Waals surface area contributed by atoms with Crippen LogP contribution < -0.4 is 5.73 Å². The largest absolute Gasteiger partial charge is 0.465 e. The van der Waals surface area contributed by atoms with Crippen molar-refractivity contribution in [2.24, 2.45) is 5.73 Å². The maximum absolute atomic E-state index is 5.80. The van der Waals surface area contributed by atoms with Crippen LogP contribution in [0.5, 0.6) is 0 Å². The highest BCUT2D eigenvalue weighted by atomic mass is 32.2. The van der Waals surface area contributed by atoms with Gasteiger partial charge < -0.3 is 15.1 Å². The first-order valence-electron chi connectivity index (χ1n) is 6.31. The Labute approximate surface area is 109 Å². The molecule has 1 rings (SSSR count). The van der Waals surface area contributed by atoms with Crippen LogP contribution in [0.15, 0.2) is 16.5 Å². The van der Waals surface area contributed by atoms with Gasteiger partial charge >= 0.3 is 0 Å². The van der Waals surface area contributed by atoms with E-state index in [4.69, 9.17) is 10.2 Å². The average Bonchev–Trinajstić information content (AvgIpc) is 2.76. The molecule has 2 N–H and O–H groups in total. The third kappa shape index (κ3) is 4.74. The number of nitrogens with two attached hydrogens (primary N) is 1. The van der Waals surface area contributed by atoms with Crippen LogP contribution >= 0.6 is 11.8 Å². The van der Waals surface area contributed by atoms with Gasteiger partial charge in [-0.25, -0.2) is 0 Å². The number of nitrogens with zero attached hydrogens (tertiary/aromatic N) is 1. The van der Waals surface area contributed by atoms with Crippen molar-refractivity contribution < 1.29 is 4.42 Å². The van der Waals surface area contributed by atoms with Gasteiger partial charge in [-0.15, -0.1) is 11.8 Å². The Kier molecular flexibility index (Phi) is 6.70. The molecule has 98 valence electrons. The molecule has 1 atom stereocenters. The molecule has 0 aliphatic heterocycles. The Balaban J connectivity index is 2.38. The molecular weight excluding hydrogens is 232 g/mol. The molecule has 0 spiro atoms. The molecule has 1 aromatic rings.